The van der Waals surface area contributed by atoms with Crippen molar-refractivity contribution in [2.45, 2.75) is 0 Å². The van der Waals surface area contributed by atoms with Gasteiger partial charge in [0.2, 0.25) is 10.9 Å². The third-order valence-corrected chi connectivity index (χ3v) is 7.10. The summed E-state index contributed by atoms with van der Waals surface area (Å²) in [5.41, 5.74) is 1.85. The maximum atomic E-state index is 13.8. The van der Waals surface area contributed by atoms with Crippen molar-refractivity contribution < 1.29 is 22.4 Å². The van der Waals surface area contributed by atoms with E-state index in [0.717, 1.165) is 5.39 Å². The predicted octanol–water partition coefficient (Wildman–Crippen LogP) is 4.03. The molecule has 1 aromatic heterocycles. The van der Waals surface area contributed by atoms with E-state index in [4.69, 9.17) is 0 Å². The zero-order valence-electron chi connectivity index (χ0n) is 20.2. The van der Waals surface area contributed by atoms with Crippen LogP contribution >= 0.6 is 0 Å². The number of carbonyl (C=O) groups excluding carboxylic acids is 2. The number of para-hydroxylation sites is 2. The number of carbonyl (C=O) groups is 2. The molecule has 1 N–H and O–H groups in total. The molecule has 5 rings (SSSR count). The van der Waals surface area contributed by atoms with Crippen molar-refractivity contribution >= 4 is 50.8 Å². The molecular formula is C27H24FN5O4S. The van der Waals surface area contributed by atoms with Gasteiger partial charge in [0.25, 0.3) is 5.91 Å². The van der Waals surface area contributed by atoms with Gasteiger partial charge >= 0.3 is 6.03 Å². The number of nitrogens with one attached hydrogen (secondary N) is 1. The summed E-state index contributed by atoms with van der Waals surface area (Å²) in [6.07, 6.45) is 1.60. The summed E-state index contributed by atoms with van der Waals surface area (Å²) in [6, 6.07) is 20.8. The molecule has 3 amide bonds. The topological polar surface area (TPSA) is 103 Å². The van der Waals surface area contributed by atoms with Crippen LogP contribution in [0.3, 0.4) is 0 Å². The highest BCUT2D eigenvalue weighted by atomic mass is 32.2. The summed E-state index contributed by atoms with van der Waals surface area (Å²) in [6.45, 7) is 1.21. The zero-order chi connectivity index (χ0) is 26.6. The third kappa shape index (κ3) is 5.14. The van der Waals surface area contributed by atoms with E-state index in [1.807, 2.05) is 12.1 Å². The largest absolute Gasteiger partial charge is 0.335 e. The fourth-order valence-electron chi connectivity index (χ4n) is 4.38. The molecule has 1 aliphatic heterocycles. The van der Waals surface area contributed by atoms with Gasteiger partial charge in [-0.3, -0.25) is 9.78 Å². The van der Waals surface area contributed by atoms with Gasteiger partial charge in [0.05, 0.1) is 22.6 Å². The lowest BCUT2D eigenvalue weighted by atomic mass is 10.1. The van der Waals surface area contributed by atoms with Crippen molar-refractivity contribution in [2.75, 3.05) is 35.8 Å². The van der Waals surface area contributed by atoms with Crippen LogP contribution < -0.4 is 9.62 Å². The van der Waals surface area contributed by atoms with Crippen LogP contribution in [-0.4, -0.2) is 61.3 Å². The maximum Gasteiger partial charge on any atom is 0.322 e. The van der Waals surface area contributed by atoms with Gasteiger partial charge in [-0.05, 0) is 48.5 Å². The molecule has 1 saturated heterocycles. The molecule has 2 heterocycles. The molecule has 0 aliphatic carbocycles. The SMILES string of the molecule is O=C(Nc1ccccc1F)N1CCN(C(=O)c2ccc(N(c3cccc4cccnc34)[SH](=O)=O)cc2)CC1. The highest BCUT2D eigenvalue weighted by molar-refractivity contribution is 7.74. The summed E-state index contributed by atoms with van der Waals surface area (Å²) >= 11 is 0. The van der Waals surface area contributed by atoms with Gasteiger partial charge in [0.1, 0.15) is 5.82 Å². The van der Waals surface area contributed by atoms with E-state index in [-0.39, 0.29) is 11.6 Å². The molecule has 0 unspecified atom stereocenters. The Balaban J connectivity index is 1.26. The Bertz CT molecular complexity index is 1560. The van der Waals surface area contributed by atoms with Crippen molar-refractivity contribution in [3.05, 3.63) is 96.4 Å². The van der Waals surface area contributed by atoms with Crippen LogP contribution in [0.1, 0.15) is 10.4 Å². The van der Waals surface area contributed by atoms with Crippen LogP contribution in [0.5, 0.6) is 0 Å². The molecule has 194 valence electrons. The average Bonchev–Trinajstić information content (AvgIpc) is 2.94. The van der Waals surface area contributed by atoms with Gasteiger partial charge in [-0.2, -0.15) is 0 Å². The first-order valence-electron chi connectivity index (χ1n) is 11.9. The number of hydrogen-bond acceptors (Lipinski definition) is 5. The number of fused-ring (bicyclic) bond motifs is 1. The Morgan fingerprint density at radius 3 is 2.24 bits per heavy atom. The highest BCUT2D eigenvalue weighted by Gasteiger charge is 2.26. The monoisotopic (exact) mass is 533 g/mol. The number of pyridine rings is 1. The molecule has 3 aromatic carbocycles. The van der Waals surface area contributed by atoms with Crippen LogP contribution in [0.15, 0.2) is 85.1 Å². The molecule has 0 radical (unpaired) electrons. The molecule has 0 bridgehead atoms. The van der Waals surface area contributed by atoms with Crippen molar-refractivity contribution in [1.29, 1.82) is 0 Å². The van der Waals surface area contributed by atoms with Crippen molar-refractivity contribution in [3.8, 4) is 0 Å². The van der Waals surface area contributed by atoms with Gasteiger partial charge < -0.3 is 15.1 Å². The van der Waals surface area contributed by atoms with E-state index in [1.165, 1.54) is 21.3 Å². The van der Waals surface area contributed by atoms with Crippen LogP contribution in [0.4, 0.5) is 26.2 Å². The fourth-order valence-corrected chi connectivity index (χ4v) is 5.04. The van der Waals surface area contributed by atoms with Crippen LogP contribution in [0.2, 0.25) is 0 Å². The van der Waals surface area contributed by atoms with E-state index in [9.17, 15) is 22.4 Å². The molecular weight excluding hydrogens is 509 g/mol. The Morgan fingerprint density at radius 1 is 0.842 bits per heavy atom. The second kappa shape index (κ2) is 10.9. The first-order valence-corrected chi connectivity index (χ1v) is 13.0. The standard InChI is InChI=1S/C27H24FN5O4S/c28-22-7-1-2-8-23(22)30-27(35)32-17-15-31(16-18-32)26(34)20-10-12-21(13-11-20)33(38(36)37)24-9-3-5-19-6-4-14-29-25(19)24/h1-14,38H,15-18H2,(H,30,35). The number of rotatable bonds is 5. The summed E-state index contributed by atoms with van der Waals surface area (Å²) < 4.78 is 39.5. The number of nitrogens with zero attached hydrogens (tertiary/aromatic N) is 4. The molecule has 1 aliphatic rings. The number of aromatic nitrogens is 1. The average molecular weight is 534 g/mol. The Labute approximate surface area is 220 Å². The third-order valence-electron chi connectivity index (χ3n) is 6.33. The van der Waals surface area contributed by atoms with Crippen molar-refractivity contribution in [3.63, 3.8) is 0 Å². The molecule has 0 atom stereocenters. The van der Waals surface area contributed by atoms with E-state index < -0.39 is 22.7 Å². The molecule has 1 fully saturated rings. The Hall–Kier alpha value is -4.51. The minimum absolute atomic E-state index is 0.101. The first kappa shape index (κ1) is 25.2. The Morgan fingerprint density at radius 2 is 1.53 bits per heavy atom. The summed E-state index contributed by atoms with van der Waals surface area (Å²) in [5, 5.41) is 3.36. The number of amides is 3. The molecule has 38 heavy (non-hydrogen) atoms. The first-order chi connectivity index (χ1) is 18.4. The summed E-state index contributed by atoms with van der Waals surface area (Å²) in [7, 11) is -3.03. The van der Waals surface area contributed by atoms with E-state index in [0.29, 0.717) is 48.6 Å². The lowest BCUT2D eigenvalue weighted by Crippen LogP contribution is -2.51. The smallest absolute Gasteiger partial charge is 0.322 e. The number of thiol groups is 1. The number of piperazine rings is 1. The van der Waals surface area contributed by atoms with Gasteiger partial charge in [0.15, 0.2) is 0 Å². The second-order valence-corrected chi connectivity index (χ2v) is 9.51. The summed E-state index contributed by atoms with van der Waals surface area (Å²) in [4.78, 5) is 33.1. The molecule has 0 spiro atoms. The van der Waals surface area contributed by atoms with Crippen molar-refractivity contribution in [2.24, 2.45) is 0 Å². The predicted molar refractivity (Wildman–Crippen MR) is 144 cm³/mol. The molecule has 11 heteroatoms. The van der Waals surface area contributed by atoms with Gasteiger partial charge in [-0.1, -0.05) is 30.3 Å². The van der Waals surface area contributed by atoms with Crippen molar-refractivity contribution in [1.82, 2.24) is 14.8 Å². The minimum atomic E-state index is -3.03. The highest BCUT2D eigenvalue weighted by Crippen LogP contribution is 2.31. The van der Waals surface area contributed by atoms with Gasteiger partial charge in [-0.25, -0.2) is 21.9 Å². The molecule has 9 nitrogen and oxygen atoms in total. The van der Waals surface area contributed by atoms with Gasteiger partial charge in [0, 0.05) is 43.3 Å². The van der Waals surface area contributed by atoms with Crippen LogP contribution in [-0.2, 0) is 10.9 Å². The number of hydrogen-bond donors (Lipinski definition) is 2. The molecule has 4 aromatic rings. The number of anilines is 3. The lowest BCUT2D eigenvalue weighted by Gasteiger charge is -2.34. The second-order valence-electron chi connectivity index (χ2n) is 8.64. The van der Waals surface area contributed by atoms with Gasteiger partial charge in [-0.15, -0.1) is 0 Å². The normalized spacial score (nSPS) is 13.5. The maximum absolute atomic E-state index is 13.8. The zero-order valence-corrected chi connectivity index (χ0v) is 21.1. The molecule has 0 saturated carbocycles. The van der Waals surface area contributed by atoms with E-state index in [2.05, 4.69) is 10.3 Å². The summed E-state index contributed by atoms with van der Waals surface area (Å²) in [5.74, 6) is -0.745. The van der Waals surface area contributed by atoms with E-state index in [1.54, 1.807) is 65.7 Å². The number of benzene rings is 3. The number of urea groups is 1. The van der Waals surface area contributed by atoms with Crippen LogP contribution in [0.25, 0.3) is 10.9 Å². The number of halogens is 1. The van der Waals surface area contributed by atoms with Crippen LogP contribution in [0, 0.1) is 5.82 Å². The Kier molecular flexibility index (Phi) is 7.18. The lowest BCUT2D eigenvalue weighted by molar-refractivity contribution is 0.0671. The minimum Gasteiger partial charge on any atom is -0.335 e. The van der Waals surface area contributed by atoms with E-state index >= 15 is 0 Å². The quantitative estimate of drug-likeness (QED) is 0.377. The fraction of sp³-hybridized carbons (Fsp3) is 0.148.